The van der Waals surface area contributed by atoms with Crippen LogP contribution in [-0.4, -0.2) is 8.42 Å². The van der Waals surface area contributed by atoms with Crippen molar-refractivity contribution in [3.8, 4) is 0 Å². The zero-order valence-electron chi connectivity index (χ0n) is 14.8. The highest BCUT2D eigenvalue weighted by Gasteiger charge is 2.16. The highest BCUT2D eigenvalue weighted by atomic mass is 32.2. The number of benzene rings is 2. The van der Waals surface area contributed by atoms with Crippen LogP contribution in [0.3, 0.4) is 0 Å². The van der Waals surface area contributed by atoms with Gasteiger partial charge >= 0.3 is 0 Å². The first-order valence-electron chi connectivity index (χ1n) is 8.47. The Bertz CT molecular complexity index is 960. The van der Waals surface area contributed by atoms with Crippen molar-refractivity contribution in [3.63, 3.8) is 0 Å². The van der Waals surface area contributed by atoms with E-state index in [1.807, 2.05) is 25.1 Å². The molecule has 0 fully saturated rings. The van der Waals surface area contributed by atoms with E-state index in [-0.39, 0.29) is 0 Å². The molecule has 0 amide bonds. The van der Waals surface area contributed by atoms with Crippen molar-refractivity contribution in [1.29, 1.82) is 0 Å². The molecule has 2 aromatic carbocycles. The largest absolute Gasteiger partial charge is 0.381 e. The van der Waals surface area contributed by atoms with Gasteiger partial charge in [0.1, 0.15) is 4.21 Å². The van der Waals surface area contributed by atoms with E-state index in [0.29, 0.717) is 9.90 Å². The monoisotopic (exact) mass is 386 g/mol. The molecule has 0 aliphatic carbocycles. The van der Waals surface area contributed by atoms with E-state index in [1.54, 1.807) is 18.2 Å². The van der Waals surface area contributed by atoms with Crippen molar-refractivity contribution in [3.05, 3.63) is 76.7 Å². The van der Waals surface area contributed by atoms with Crippen LogP contribution in [0.5, 0.6) is 0 Å². The van der Waals surface area contributed by atoms with Crippen LogP contribution in [0.4, 0.5) is 11.4 Å². The van der Waals surface area contributed by atoms with Crippen LogP contribution in [-0.2, 0) is 23.0 Å². The molecule has 0 aliphatic heterocycles. The summed E-state index contributed by atoms with van der Waals surface area (Å²) < 4.78 is 27.9. The third kappa shape index (κ3) is 4.65. The Morgan fingerprint density at radius 2 is 1.54 bits per heavy atom. The Balaban J connectivity index is 1.62. The third-order valence-corrected chi connectivity index (χ3v) is 7.11. The first kappa shape index (κ1) is 18.5. The zero-order valence-corrected chi connectivity index (χ0v) is 16.5. The minimum absolute atomic E-state index is 0.343. The van der Waals surface area contributed by atoms with Gasteiger partial charge in [0, 0.05) is 22.8 Å². The van der Waals surface area contributed by atoms with Gasteiger partial charge in [-0.05, 0) is 55.3 Å². The lowest BCUT2D eigenvalue weighted by Crippen LogP contribution is -2.11. The highest BCUT2D eigenvalue weighted by molar-refractivity contribution is 7.94. The van der Waals surface area contributed by atoms with Crippen LogP contribution in [0.2, 0.25) is 0 Å². The molecule has 4 nitrogen and oxygen atoms in total. The normalized spacial score (nSPS) is 11.3. The Morgan fingerprint density at radius 1 is 0.885 bits per heavy atom. The predicted molar refractivity (Wildman–Crippen MR) is 109 cm³/mol. The summed E-state index contributed by atoms with van der Waals surface area (Å²) in [6.45, 7) is 4.80. The quantitative estimate of drug-likeness (QED) is 0.599. The smallest absolute Gasteiger partial charge is 0.271 e. The molecule has 1 heterocycles. The second-order valence-electron chi connectivity index (χ2n) is 6.10. The number of sulfonamides is 1. The molecule has 0 radical (unpaired) electrons. The first-order chi connectivity index (χ1) is 12.5. The zero-order chi connectivity index (χ0) is 18.6. The lowest BCUT2D eigenvalue weighted by Gasteiger charge is -2.09. The molecular weight excluding hydrogens is 364 g/mol. The molecule has 0 saturated carbocycles. The van der Waals surface area contributed by atoms with E-state index >= 15 is 0 Å². The summed E-state index contributed by atoms with van der Waals surface area (Å²) in [5.74, 6) is 0. The fourth-order valence-corrected chi connectivity index (χ4v) is 4.82. The maximum Gasteiger partial charge on any atom is 0.271 e. The average Bonchev–Trinajstić information content (AvgIpc) is 3.12. The molecule has 3 rings (SSSR count). The third-order valence-electron chi connectivity index (χ3n) is 4.00. The first-order valence-corrected chi connectivity index (χ1v) is 10.8. The lowest BCUT2D eigenvalue weighted by molar-refractivity contribution is 0.603. The second-order valence-corrected chi connectivity index (χ2v) is 9.17. The Morgan fingerprint density at radius 3 is 2.15 bits per heavy atom. The molecule has 26 heavy (non-hydrogen) atoms. The Kier molecular flexibility index (Phi) is 5.64. The van der Waals surface area contributed by atoms with Crippen LogP contribution in [0.1, 0.15) is 22.9 Å². The Labute approximate surface area is 159 Å². The molecule has 6 heteroatoms. The van der Waals surface area contributed by atoms with Gasteiger partial charge < -0.3 is 5.32 Å². The number of aryl methyl sites for hydroxylation is 2. The summed E-state index contributed by atoms with van der Waals surface area (Å²) in [6, 6.07) is 19.2. The van der Waals surface area contributed by atoms with Gasteiger partial charge in [-0.3, -0.25) is 4.72 Å². The predicted octanol–water partition coefficient (Wildman–Crippen LogP) is 5.03. The van der Waals surface area contributed by atoms with Gasteiger partial charge in [0.25, 0.3) is 10.0 Å². The fraction of sp³-hybridized carbons (Fsp3) is 0.200. The number of anilines is 2. The van der Waals surface area contributed by atoms with Crippen molar-refractivity contribution in [1.82, 2.24) is 0 Å². The van der Waals surface area contributed by atoms with Gasteiger partial charge in [-0.2, -0.15) is 0 Å². The van der Waals surface area contributed by atoms with Gasteiger partial charge in [-0.1, -0.05) is 36.8 Å². The van der Waals surface area contributed by atoms with Gasteiger partial charge in [0.05, 0.1) is 0 Å². The van der Waals surface area contributed by atoms with Gasteiger partial charge in [0.15, 0.2) is 0 Å². The topological polar surface area (TPSA) is 58.2 Å². The number of hydrogen-bond acceptors (Lipinski definition) is 4. The average molecular weight is 387 g/mol. The summed E-state index contributed by atoms with van der Waals surface area (Å²) >= 11 is 1.31. The molecule has 1 aromatic heterocycles. The molecule has 0 bridgehead atoms. The maximum absolute atomic E-state index is 12.4. The van der Waals surface area contributed by atoms with Crippen molar-refractivity contribution >= 4 is 32.7 Å². The number of rotatable bonds is 7. The van der Waals surface area contributed by atoms with Crippen LogP contribution in [0, 0.1) is 6.92 Å². The number of thiophene rings is 1. The Hall–Kier alpha value is -2.31. The molecule has 0 saturated heterocycles. The maximum atomic E-state index is 12.4. The molecule has 0 aliphatic rings. The molecule has 136 valence electrons. The van der Waals surface area contributed by atoms with Gasteiger partial charge in [-0.25, -0.2) is 8.42 Å². The summed E-state index contributed by atoms with van der Waals surface area (Å²) in [5, 5.41) is 3.34. The van der Waals surface area contributed by atoms with Crippen LogP contribution in [0.15, 0.2) is 64.9 Å². The van der Waals surface area contributed by atoms with Crippen molar-refractivity contribution in [2.45, 2.75) is 31.0 Å². The molecule has 0 unspecified atom stereocenters. The molecule has 2 N–H and O–H groups in total. The van der Waals surface area contributed by atoms with E-state index in [2.05, 4.69) is 41.2 Å². The van der Waals surface area contributed by atoms with Crippen LogP contribution >= 0.6 is 11.3 Å². The second kappa shape index (κ2) is 7.93. The molecule has 0 spiro atoms. The van der Waals surface area contributed by atoms with Crippen molar-refractivity contribution in [2.75, 3.05) is 10.0 Å². The molecule has 3 aromatic rings. The van der Waals surface area contributed by atoms with E-state index in [9.17, 15) is 8.42 Å². The van der Waals surface area contributed by atoms with Crippen LogP contribution < -0.4 is 10.0 Å². The fourth-order valence-electron chi connectivity index (χ4n) is 2.46. The standard InChI is InChI=1S/C20H22N2O2S2/c1-3-19-12-13-20(25-19)26(23,24)22-18-10-8-17(9-11-18)21-14-16-6-4-15(2)5-7-16/h4-13,21-22H,3,14H2,1-2H3. The number of nitrogens with one attached hydrogen (secondary N) is 2. The van der Waals surface area contributed by atoms with Crippen LogP contribution in [0.25, 0.3) is 0 Å². The van der Waals surface area contributed by atoms with E-state index in [4.69, 9.17) is 0 Å². The summed E-state index contributed by atoms with van der Waals surface area (Å²) in [7, 11) is -3.53. The van der Waals surface area contributed by atoms with E-state index in [1.165, 1.54) is 22.5 Å². The summed E-state index contributed by atoms with van der Waals surface area (Å²) in [6.07, 6.45) is 0.835. The van der Waals surface area contributed by atoms with Crippen molar-refractivity contribution in [2.24, 2.45) is 0 Å². The van der Waals surface area contributed by atoms with E-state index < -0.39 is 10.0 Å². The lowest BCUT2D eigenvalue weighted by atomic mass is 10.1. The van der Waals surface area contributed by atoms with Gasteiger partial charge in [0.2, 0.25) is 0 Å². The minimum Gasteiger partial charge on any atom is -0.381 e. The van der Waals surface area contributed by atoms with Crippen molar-refractivity contribution < 1.29 is 8.42 Å². The SMILES string of the molecule is CCc1ccc(S(=O)(=O)Nc2ccc(NCc3ccc(C)cc3)cc2)s1. The minimum atomic E-state index is -3.53. The van der Waals surface area contributed by atoms with Gasteiger partial charge in [-0.15, -0.1) is 11.3 Å². The molecule has 0 atom stereocenters. The summed E-state index contributed by atoms with van der Waals surface area (Å²) in [4.78, 5) is 1.06. The number of hydrogen-bond donors (Lipinski definition) is 2. The summed E-state index contributed by atoms with van der Waals surface area (Å²) in [5.41, 5.74) is 3.93. The highest BCUT2D eigenvalue weighted by Crippen LogP contribution is 2.25. The van der Waals surface area contributed by atoms with E-state index in [0.717, 1.165) is 23.5 Å². The molecular formula is C20H22N2O2S2.